The van der Waals surface area contributed by atoms with Crippen molar-refractivity contribution in [2.75, 3.05) is 26.7 Å². The third kappa shape index (κ3) is 4.01. The number of likely N-dealkylation sites (tertiary alicyclic amines) is 1. The average Bonchev–Trinajstić information content (AvgIpc) is 2.48. The zero-order chi connectivity index (χ0) is 15.2. The summed E-state index contributed by atoms with van der Waals surface area (Å²) in [4.78, 5) is 24.7. The lowest BCUT2D eigenvalue weighted by Gasteiger charge is -2.32. The van der Waals surface area contributed by atoms with Gasteiger partial charge in [0.25, 0.3) is 5.69 Å². The first kappa shape index (κ1) is 15.4. The van der Waals surface area contributed by atoms with Gasteiger partial charge in [-0.1, -0.05) is 18.2 Å². The first-order chi connectivity index (χ1) is 10.1. The van der Waals surface area contributed by atoms with Crippen LogP contribution in [0.15, 0.2) is 24.3 Å². The van der Waals surface area contributed by atoms with E-state index in [1.807, 2.05) is 11.9 Å². The maximum Gasteiger partial charge on any atom is 0.273 e. The number of benzene rings is 1. The summed E-state index contributed by atoms with van der Waals surface area (Å²) in [7, 11) is 1.94. The highest BCUT2D eigenvalue weighted by Gasteiger charge is 2.24. The van der Waals surface area contributed by atoms with Gasteiger partial charge in [0.1, 0.15) is 0 Å². The molecule has 1 N–H and O–H groups in total. The molecule has 1 heterocycles. The van der Waals surface area contributed by atoms with Gasteiger partial charge >= 0.3 is 0 Å². The Hall–Kier alpha value is -1.95. The molecule has 0 aliphatic carbocycles. The molecule has 0 aromatic heterocycles. The number of rotatable bonds is 5. The number of nitrogens with one attached hydrogen (secondary N) is 1. The lowest BCUT2D eigenvalue weighted by atomic mass is 9.96. The number of piperidine rings is 1. The van der Waals surface area contributed by atoms with Gasteiger partial charge in [-0.3, -0.25) is 14.9 Å². The van der Waals surface area contributed by atoms with Crippen LogP contribution in [0.25, 0.3) is 0 Å². The van der Waals surface area contributed by atoms with Crippen LogP contribution in [0.5, 0.6) is 0 Å². The van der Waals surface area contributed by atoms with Gasteiger partial charge in [-0.2, -0.15) is 0 Å². The van der Waals surface area contributed by atoms with Crippen LogP contribution >= 0.6 is 0 Å². The molecule has 1 amide bonds. The fourth-order valence-corrected chi connectivity index (χ4v) is 2.79. The van der Waals surface area contributed by atoms with Gasteiger partial charge in [-0.05, 0) is 32.4 Å². The molecule has 1 aliphatic heterocycles. The topological polar surface area (TPSA) is 75.5 Å². The second-order valence-corrected chi connectivity index (χ2v) is 5.44. The summed E-state index contributed by atoms with van der Waals surface area (Å²) in [5, 5.41) is 14.1. The predicted molar refractivity (Wildman–Crippen MR) is 80.0 cm³/mol. The molecule has 114 valence electrons. The molecule has 1 aromatic carbocycles. The van der Waals surface area contributed by atoms with Crippen molar-refractivity contribution in [3.63, 3.8) is 0 Å². The van der Waals surface area contributed by atoms with Crippen LogP contribution in [-0.4, -0.2) is 42.4 Å². The van der Waals surface area contributed by atoms with Gasteiger partial charge in [0.15, 0.2) is 0 Å². The van der Waals surface area contributed by atoms with Gasteiger partial charge in [0.05, 0.1) is 11.3 Å². The van der Waals surface area contributed by atoms with Crippen LogP contribution < -0.4 is 5.32 Å². The van der Waals surface area contributed by atoms with Gasteiger partial charge in [0.2, 0.25) is 5.91 Å². The molecule has 2 rings (SSSR count). The van der Waals surface area contributed by atoms with E-state index in [-0.39, 0.29) is 18.0 Å². The third-order valence-electron chi connectivity index (χ3n) is 3.99. The van der Waals surface area contributed by atoms with E-state index in [1.54, 1.807) is 18.2 Å². The molecule has 0 atom stereocenters. The Labute approximate surface area is 124 Å². The van der Waals surface area contributed by atoms with E-state index in [4.69, 9.17) is 0 Å². The Morgan fingerprint density at radius 2 is 2.05 bits per heavy atom. The molecule has 0 saturated carbocycles. The molecule has 6 heteroatoms. The van der Waals surface area contributed by atoms with Crippen LogP contribution in [-0.2, 0) is 11.2 Å². The van der Waals surface area contributed by atoms with Crippen molar-refractivity contribution in [1.82, 2.24) is 10.2 Å². The summed E-state index contributed by atoms with van der Waals surface area (Å²) in [6, 6.07) is 6.45. The molecule has 0 unspecified atom stereocenters. The number of carbonyl (C=O) groups is 1. The minimum Gasteiger partial charge on any atom is -0.342 e. The average molecular weight is 291 g/mol. The molecule has 0 bridgehead atoms. The summed E-state index contributed by atoms with van der Waals surface area (Å²) >= 11 is 0. The first-order valence-electron chi connectivity index (χ1n) is 7.26. The van der Waals surface area contributed by atoms with Crippen LogP contribution in [0.1, 0.15) is 18.4 Å². The zero-order valence-electron chi connectivity index (χ0n) is 12.2. The number of amides is 1. The molecule has 1 aromatic rings. The fourth-order valence-electron chi connectivity index (χ4n) is 2.79. The van der Waals surface area contributed by atoms with Crippen LogP contribution in [0, 0.1) is 16.0 Å². The quantitative estimate of drug-likeness (QED) is 0.660. The Bertz CT molecular complexity index is 511. The van der Waals surface area contributed by atoms with Crippen molar-refractivity contribution < 1.29 is 9.72 Å². The highest BCUT2D eigenvalue weighted by molar-refractivity contribution is 5.80. The number of para-hydroxylation sites is 1. The summed E-state index contributed by atoms with van der Waals surface area (Å²) in [5.41, 5.74) is 0.515. The van der Waals surface area contributed by atoms with E-state index in [9.17, 15) is 14.9 Å². The van der Waals surface area contributed by atoms with E-state index in [1.165, 1.54) is 6.07 Å². The smallest absolute Gasteiger partial charge is 0.273 e. The SMILES string of the molecule is CNCC1CCN(C(=O)Cc2ccccc2[N+](=O)[O-])CC1. The van der Waals surface area contributed by atoms with E-state index in [0.717, 1.165) is 32.5 Å². The second kappa shape index (κ2) is 7.17. The number of carbonyl (C=O) groups excluding carboxylic acids is 1. The highest BCUT2D eigenvalue weighted by Crippen LogP contribution is 2.21. The molecule has 1 saturated heterocycles. The Kier molecular flexibility index (Phi) is 5.27. The lowest BCUT2D eigenvalue weighted by molar-refractivity contribution is -0.385. The van der Waals surface area contributed by atoms with Gasteiger partial charge in [-0.15, -0.1) is 0 Å². The van der Waals surface area contributed by atoms with Gasteiger partial charge < -0.3 is 10.2 Å². The van der Waals surface area contributed by atoms with Crippen LogP contribution in [0.2, 0.25) is 0 Å². The van der Waals surface area contributed by atoms with Crippen molar-refractivity contribution in [2.45, 2.75) is 19.3 Å². The minimum absolute atomic E-state index is 0.0211. The van der Waals surface area contributed by atoms with E-state index < -0.39 is 4.92 Å². The largest absolute Gasteiger partial charge is 0.342 e. The minimum atomic E-state index is -0.429. The third-order valence-corrected chi connectivity index (χ3v) is 3.99. The summed E-state index contributed by atoms with van der Waals surface area (Å²) < 4.78 is 0. The second-order valence-electron chi connectivity index (χ2n) is 5.44. The Balaban J connectivity index is 1.95. The summed E-state index contributed by atoms with van der Waals surface area (Å²) in [5.74, 6) is 0.595. The Morgan fingerprint density at radius 1 is 1.38 bits per heavy atom. The van der Waals surface area contributed by atoms with Crippen molar-refractivity contribution in [3.8, 4) is 0 Å². The highest BCUT2D eigenvalue weighted by atomic mass is 16.6. The number of nitro benzene ring substituents is 1. The normalized spacial score (nSPS) is 16.0. The van der Waals surface area contributed by atoms with Crippen LogP contribution in [0.4, 0.5) is 5.69 Å². The number of hydrogen-bond acceptors (Lipinski definition) is 4. The maximum absolute atomic E-state index is 12.3. The molecule has 1 fully saturated rings. The van der Waals surface area contributed by atoms with Crippen molar-refractivity contribution in [3.05, 3.63) is 39.9 Å². The summed E-state index contributed by atoms with van der Waals surface area (Å²) in [6.07, 6.45) is 2.08. The number of hydrogen-bond donors (Lipinski definition) is 1. The maximum atomic E-state index is 12.3. The van der Waals surface area contributed by atoms with Gasteiger partial charge in [-0.25, -0.2) is 0 Å². The fraction of sp³-hybridized carbons (Fsp3) is 0.533. The molecular weight excluding hydrogens is 270 g/mol. The number of nitrogens with zero attached hydrogens (tertiary/aromatic N) is 2. The summed E-state index contributed by atoms with van der Waals surface area (Å²) in [6.45, 7) is 2.46. The Morgan fingerprint density at radius 3 is 2.67 bits per heavy atom. The van der Waals surface area contributed by atoms with Crippen LogP contribution in [0.3, 0.4) is 0 Å². The standard InChI is InChI=1S/C15H21N3O3/c1-16-11-12-6-8-17(9-7-12)15(19)10-13-4-2-3-5-14(13)18(20)21/h2-5,12,16H,6-11H2,1H3. The lowest BCUT2D eigenvalue weighted by Crippen LogP contribution is -2.41. The molecule has 21 heavy (non-hydrogen) atoms. The molecular formula is C15H21N3O3. The monoisotopic (exact) mass is 291 g/mol. The number of nitro groups is 1. The zero-order valence-corrected chi connectivity index (χ0v) is 12.2. The van der Waals surface area contributed by atoms with Crippen molar-refractivity contribution in [2.24, 2.45) is 5.92 Å². The van der Waals surface area contributed by atoms with E-state index >= 15 is 0 Å². The molecule has 1 aliphatic rings. The first-order valence-corrected chi connectivity index (χ1v) is 7.26. The van der Waals surface area contributed by atoms with Crippen molar-refractivity contribution in [1.29, 1.82) is 0 Å². The van der Waals surface area contributed by atoms with Crippen molar-refractivity contribution >= 4 is 11.6 Å². The predicted octanol–water partition coefficient (Wildman–Crippen LogP) is 1.60. The van der Waals surface area contributed by atoms with E-state index in [0.29, 0.717) is 11.5 Å². The molecule has 0 spiro atoms. The molecule has 6 nitrogen and oxygen atoms in total. The van der Waals surface area contributed by atoms with E-state index in [2.05, 4.69) is 5.32 Å². The van der Waals surface area contributed by atoms with Gasteiger partial charge in [0, 0.05) is 24.7 Å². The molecule has 0 radical (unpaired) electrons.